The lowest BCUT2D eigenvalue weighted by molar-refractivity contribution is 0.258. The van der Waals surface area contributed by atoms with Crippen LogP contribution in [0.3, 0.4) is 0 Å². The van der Waals surface area contributed by atoms with E-state index in [9.17, 15) is 22.7 Å². The summed E-state index contributed by atoms with van der Waals surface area (Å²) in [5.74, 6) is -0.560. The number of rotatable bonds is 5. The van der Waals surface area contributed by atoms with Gasteiger partial charge in [0, 0.05) is 11.1 Å². The fourth-order valence-corrected chi connectivity index (χ4v) is 3.79. The average molecular weight is 467 g/mol. The first-order chi connectivity index (χ1) is 15.7. The van der Waals surface area contributed by atoms with Crippen molar-refractivity contribution < 1.29 is 22.7 Å². The molecule has 2 amide bonds. The molecule has 1 heterocycles. The standard InChI is InChI=1S/C22H18FN5O4S/c23-15-7-5-14(6-8-15)13-28-19-4-2-1-3-18(19)20(21(28)29)26-27-22(30)25-16-9-11-17(12-10-16)33(24,31)32/h1-12,29H,13H2,(H,25,30)(H2,24,31,32). The molecule has 9 nitrogen and oxygen atoms in total. The fraction of sp³-hybridized carbons (Fsp3) is 0.0455. The minimum Gasteiger partial charge on any atom is -0.493 e. The van der Waals surface area contributed by atoms with Crippen molar-refractivity contribution in [3.8, 4) is 5.88 Å². The highest BCUT2D eigenvalue weighted by atomic mass is 32.2. The molecule has 4 rings (SSSR count). The third-order valence-electron chi connectivity index (χ3n) is 4.85. The Morgan fingerprint density at radius 3 is 2.36 bits per heavy atom. The molecule has 1 aromatic heterocycles. The number of carbonyl (C=O) groups is 1. The highest BCUT2D eigenvalue weighted by molar-refractivity contribution is 7.89. The van der Waals surface area contributed by atoms with E-state index in [4.69, 9.17) is 5.14 Å². The van der Waals surface area contributed by atoms with E-state index >= 15 is 0 Å². The third kappa shape index (κ3) is 4.89. The molecule has 0 fully saturated rings. The van der Waals surface area contributed by atoms with E-state index < -0.39 is 16.1 Å². The summed E-state index contributed by atoms with van der Waals surface area (Å²) in [6.45, 7) is 0.255. The molecule has 4 aromatic rings. The number of fused-ring (bicyclic) bond motifs is 1. The van der Waals surface area contributed by atoms with Gasteiger partial charge in [-0.15, -0.1) is 5.11 Å². The normalized spacial score (nSPS) is 11.8. The van der Waals surface area contributed by atoms with E-state index in [1.54, 1.807) is 41.0 Å². The molecular formula is C22H18FN5O4S. The minimum atomic E-state index is -3.85. The Morgan fingerprint density at radius 1 is 1.03 bits per heavy atom. The fourth-order valence-electron chi connectivity index (χ4n) is 3.27. The number of aromatic nitrogens is 1. The number of urea groups is 1. The molecule has 33 heavy (non-hydrogen) atoms. The third-order valence-corrected chi connectivity index (χ3v) is 5.78. The Bertz CT molecular complexity index is 1460. The van der Waals surface area contributed by atoms with E-state index in [2.05, 4.69) is 15.5 Å². The second kappa shape index (κ2) is 8.81. The first kappa shape index (κ1) is 22.1. The molecular weight excluding hydrogens is 449 g/mol. The van der Waals surface area contributed by atoms with Gasteiger partial charge in [0.1, 0.15) is 5.82 Å². The smallest absolute Gasteiger partial charge is 0.364 e. The number of carbonyl (C=O) groups excluding carboxylic acids is 1. The summed E-state index contributed by atoms with van der Waals surface area (Å²) < 4.78 is 37.4. The molecule has 0 aliphatic carbocycles. The highest BCUT2D eigenvalue weighted by Gasteiger charge is 2.17. The maximum Gasteiger partial charge on any atom is 0.364 e. The number of azo groups is 1. The molecule has 0 unspecified atom stereocenters. The van der Waals surface area contributed by atoms with E-state index in [-0.39, 0.29) is 34.5 Å². The van der Waals surface area contributed by atoms with Crippen molar-refractivity contribution in [1.29, 1.82) is 0 Å². The average Bonchev–Trinajstić information content (AvgIpc) is 3.04. The molecule has 0 saturated carbocycles. The van der Waals surface area contributed by atoms with Crippen molar-refractivity contribution >= 4 is 38.3 Å². The number of hydrogen-bond donors (Lipinski definition) is 3. The lowest BCUT2D eigenvalue weighted by atomic mass is 10.2. The lowest BCUT2D eigenvalue weighted by Gasteiger charge is -2.07. The number of nitrogens with zero attached hydrogens (tertiary/aromatic N) is 3. The van der Waals surface area contributed by atoms with E-state index in [1.165, 1.54) is 36.4 Å². The van der Waals surface area contributed by atoms with Crippen LogP contribution in [0.15, 0.2) is 87.9 Å². The monoisotopic (exact) mass is 467 g/mol. The zero-order valence-electron chi connectivity index (χ0n) is 17.0. The van der Waals surface area contributed by atoms with Gasteiger partial charge in [-0.3, -0.25) is 0 Å². The molecule has 0 saturated heterocycles. The van der Waals surface area contributed by atoms with Crippen molar-refractivity contribution in [2.24, 2.45) is 15.4 Å². The van der Waals surface area contributed by atoms with Gasteiger partial charge in [0.15, 0.2) is 5.69 Å². The zero-order chi connectivity index (χ0) is 23.6. The quantitative estimate of drug-likeness (QED) is 0.372. The summed E-state index contributed by atoms with van der Waals surface area (Å²) in [6.07, 6.45) is 0. The number of primary sulfonamides is 1. The van der Waals surface area contributed by atoms with Gasteiger partial charge in [0.25, 0.3) is 0 Å². The second-order valence-corrected chi connectivity index (χ2v) is 8.66. The van der Waals surface area contributed by atoms with E-state index in [1.807, 2.05) is 0 Å². The summed E-state index contributed by atoms with van der Waals surface area (Å²) in [7, 11) is -3.85. The van der Waals surface area contributed by atoms with Crippen molar-refractivity contribution in [2.45, 2.75) is 11.4 Å². The Morgan fingerprint density at radius 2 is 1.70 bits per heavy atom. The van der Waals surface area contributed by atoms with Gasteiger partial charge in [0.05, 0.1) is 17.0 Å². The van der Waals surface area contributed by atoms with Gasteiger partial charge < -0.3 is 15.0 Å². The molecule has 0 spiro atoms. The Hall–Kier alpha value is -4.09. The Kier molecular flexibility index (Phi) is 5.90. The van der Waals surface area contributed by atoms with Crippen LogP contribution in [0, 0.1) is 5.82 Å². The molecule has 3 aromatic carbocycles. The number of aromatic hydroxyl groups is 1. The van der Waals surface area contributed by atoms with Gasteiger partial charge in [-0.05, 0) is 48.0 Å². The molecule has 0 aliphatic heterocycles. The molecule has 11 heteroatoms. The van der Waals surface area contributed by atoms with Crippen molar-refractivity contribution in [3.63, 3.8) is 0 Å². The molecule has 168 valence electrons. The number of hydrogen-bond acceptors (Lipinski definition) is 5. The van der Waals surface area contributed by atoms with E-state index in [0.29, 0.717) is 10.9 Å². The van der Waals surface area contributed by atoms with Crippen LogP contribution in [0.2, 0.25) is 0 Å². The first-order valence-electron chi connectivity index (χ1n) is 9.62. The van der Waals surface area contributed by atoms with Crippen LogP contribution in [0.25, 0.3) is 10.9 Å². The maximum absolute atomic E-state index is 13.2. The SMILES string of the molecule is NS(=O)(=O)c1ccc(NC(=O)N=Nc2c(O)n(Cc3ccc(F)cc3)c3ccccc23)cc1. The molecule has 0 radical (unpaired) electrons. The van der Waals surface area contributed by atoms with Gasteiger partial charge in [-0.1, -0.05) is 35.4 Å². The number of nitrogens with one attached hydrogen (secondary N) is 1. The Balaban J connectivity index is 1.58. The topological polar surface area (TPSA) is 139 Å². The maximum atomic E-state index is 13.2. The van der Waals surface area contributed by atoms with Crippen LogP contribution in [0.1, 0.15) is 5.56 Å². The predicted octanol–water partition coefficient (Wildman–Crippen LogP) is 4.50. The first-order valence-corrected chi connectivity index (χ1v) is 11.2. The van der Waals surface area contributed by atoms with Crippen LogP contribution in [0.4, 0.5) is 20.6 Å². The van der Waals surface area contributed by atoms with Crippen LogP contribution in [-0.4, -0.2) is 24.1 Å². The molecule has 0 bridgehead atoms. The number of sulfonamides is 1. The number of anilines is 1. The van der Waals surface area contributed by atoms with Gasteiger partial charge in [-0.25, -0.2) is 22.7 Å². The van der Waals surface area contributed by atoms with Crippen LogP contribution >= 0.6 is 0 Å². The van der Waals surface area contributed by atoms with Crippen LogP contribution < -0.4 is 10.5 Å². The number of amides is 2. The second-order valence-electron chi connectivity index (χ2n) is 7.10. The summed E-state index contributed by atoms with van der Waals surface area (Å²) in [5.41, 5.74) is 1.81. The number of halogens is 1. The summed E-state index contributed by atoms with van der Waals surface area (Å²) in [4.78, 5) is 12.1. The van der Waals surface area contributed by atoms with Crippen LogP contribution in [0.5, 0.6) is 5.88 Å². The van der Waals surface area contributed by atoms with Crippen LogP contribution in [-0.2, 0) is 16.6 Å². The van der Waals surface area contributed by atoms with Gasteiger partial charge in [-0.2, -0.15) is 0 Å². The predicted molar refractivity (Wildman–Crippen MR) is 120 cm³/mol. The number of benzene rings is 3. The number of nitrogens with two attached hydrogens (primary N) is 1. The van der Waals surface area contributed by atoms with Gasteiger partial charge >= 0.3 is 6.03 Å². The minimum absolute atomic E-state index is 0.0963. The van der Waals surface area contributed by atoms with Gasteiger partial charge in [0.2, 0.25) is 15.9 Å². The largest absolute Gasteiger partial charge is 0.493 e. The van der Waals surface area contributed by atoms with Crippen molar-refractivity contribution in [3.05, 3.63) is 84.2 Å². The Labute approximate surface area is 188 Å². The van der Waals surface area contributed by atoms with E-state index in [0.717, 1.165) is 5.56 Å². The molecule has 0 aliphatic rings. The zero-order valence-corrected chi connectivity index (χ0v) is 17.8. The summed E-state index contributed by atoms with van der Waals surface area (Å²) in [6, 6.07) is 17.3. The summed E-state index contributed by atoms with van der Waals surface area (Å²) >= 11 is 0. The molecule has 0 atom stereocenters. The summed E-state index contributed by atoms with van der Waals surface area (Å²) in [5, 5.41) is 26.4. The lowest BCUT2D eigenvalue weighted by Crippen LogP contribution is -2.12. The van der Waals surface area contributed by atoms with Crippen molar-refractivity contribution in [1.82, 2.24) is 4.57 Å². The highest BCUT2D eigenvalue weighted by Crippen LogP contribution is 2.39. The molecule has 4 N–H and O–H groups in total. The van der Waals surface area contributed by atoms with Crippen molar-refractivity contribution in [2.75, 3.05) is 5.32 Å². The number of para-hydroxylation sites is 1.